The van der Waals surface area contributed by atoms with Gasteiger partial charge in [-0.3, -0.25) is 0 Å². The van der Waals surface area contributed by atoms with E-state index in [-0.39, 0.29) is 23.0 Å². The highest BCUT2D eigenvalue weighted by molar-refractivity contribution is 7.26. The molecule has 0 spiro atoms. The summed E-state index contributed by atoms with van der Waals surface area (Å²) in [6.07, 6.45) is 0. The molecule has 262 valence electrons. The van der Waals surface area contributed by atoms with Crippen LogP contribution in [0.4, 0.5) is 0 Å². The van der Waals surface area contributed by atoms with E-state index in [0.717, 1.165) is 54.3 Å². The van der Waals surface area contributed by atoms with Crippen molar-refractivity contribution in [2.75, 3.05) is 0 Å². The third-order valence-electron chi connectivity index (χ3n) is 10.2. The summed E-state index contributed by atoms with van der Waals surface area (Å²) in [5.74, 6) is 0.514. The highest BCUT2D eigenvalue weighted by Crippen LogP contribution is 2.45. The van der Waals surface area contributed by atoms with E-state index < -0.39 is 30.2 Å². The molecular weight excluding hydrogens is 703 g/mol. The van der Waals surface area contributed by atoms with Gasteiger partial charge in [-0.15, -0.1) is 11.3 Å². The molecule has 0 saturated heterocycles. The molecule has 0 amide bonds. The summed E-state index contributed by atoms with van der Waals surface area (Å²) in [5, 5.41) is 4.27. The second kappa shape index (κ2) is 13.3. The zero-order valence-electron chi connectivity index (χ0n) is 34.7. The van der Waals surface area contributed by atoms with Crippen molar-refractivity contribution >= 4 is 53.4 Å². The van der Waals surface area contributed by atoms with E-state index in [1.54, 1.807) is 11.3 Å². The van der Waals surface area contributed by atoms with Gasteiger partial charge in [-0.05, 0) is 69.8 Å². The minimum atomic E-state index is -0.491. The van der Waals surface area contributed by atoms with Gasteiger partial charge in [0.05, 0.1) is 6.85 Å². The van der Waals surface area contributed by atoms with Gasteiger partial charge in [0.2, 0.25) is 0 Å². The maximum Gasteiger partial charge on any atom is 0.164 e. The van der Waals surface area contributed by atoms with Crippen molar-refractivity contribution in [1.29, 1.82) is 0 Å². The maximum atomic E-state index is 8.89. The number of nitrogens with zero attached hydrogens (tertiary/aromatic N) is 3. The molecule has 11 rings (SSSR count). The zero-order chi connectivity index (χ0) is 41.4. The van der Waals surface area contributed by atoms with Crippen LogP contribution in [0.2, 0.25) is 0 Å². The fourth-order valence-electron chi connectivity index (χ4n) is 7.57. The fraction of sp³-hybridized carbons (Fsp3) is 0. The number of furan rings is 1. The van der Waals surface area contributed by atoms with Gasteiger partial charge in [0.1, 0.15) is 11.2 Å². The molecule has 0 bridgehead atoms. The second-order valence-corrected chi connectivity index (χ2v) is 14.6. The third kappa shape index (κ3) is 5.56. The number of rotatable bonds is 6. The Balaban J connectivity index is 1.16. The third-order valence-corrected chi connectivity index (χ3v) is 11.5. The van der Waals surface area contributed by atoms with E-state index in [9.17, 15) is 0 Å². The molecular formula is C51H31N3OS. The first-order chi connectivity index (χ1) is 29.8. The zero-order valence-corrected chi connectivity index (χ0v) is 30.5. The molecule has 8 aromatic carbocycles. The normalized spacial score (nSPS) is 12.8. The topological polar surface area (TPSA) is 51.8 Å². The molecule has 0 saturated carbocycles. The van der Waals surface area contributed by atoms with Gasteiger partial charge in [0.25, 0.3) is 0 Å². The largest absolute Gasteiger partial charge is 0.456 e. The van der Waals surface area contributed by atoms with Crippen molar-refractivity contribution in [3.05, 3.63) is 188 Å². The molecule has 0 N–H and O–H groups in total. The highest BCUT2D eigenvalue weighted by atomic mass is 32.1. The van der Waals surface area contributed by atoms with Crippen LogP contribution in [-0.4, -0.2) is 15.0 Å². The molecule has 0 atom stereocenters. The number of fused-ring (bicyclic) bond motifs is 6. The van der Waals surface area contributed by atoms with Gasteiger partial charge in [0, 0.05) is 47.6 Å². The Morgan fingerprint density at radius 2 is 0.929 bits per heavy atom. The summed E-state index contributed by atoms with van der Waals surface area (Å²) in [7, 11) is 0. The summed E-state index contributed by atoms with van der Waals surface area (Å²) in [6, 6.07) is 51.1. The molecule has 0 unspecified atom stereocenters. The summed E-state index contributed by atoms with van der Waals surface area (Å²) in [4.78, 5) is 14.8. The lowest BCUT2D eigenvalue weighted by Crippen LogP contribution is -2.00. The first kappa shape index (κ1) is 27.4. The summed E-state index contributed by atoms with van der Waals surface area (Å²) < 4.78 is 51.6. The Labute approximate surface area is 334 Å². The molecule has 0 fully saturated rings. The van der Waals surface area contributed by atoms with Crippen molar-refractivity contribution in [3.8, 4) is 67.5 Å². The number of benzene rings is 8. The quantitative estimate of drug-likeness (QED) is 0.170. The van der Waals surface area contributed by atoms with Crippen molar-refractivity contribution in [1.82, 2.24) is 15.0 Å². The van der Waals surface area contributed by atoms with Gasteiger partial charge in [0.15, 0.2) is 17.5 Å². The molecule has 0 aliphatic heterocycles. The van der Waals surface area contributed by atoms with E-state index >= 15 is 0 Å². The van der Waals surface area contributed by atoms with Crippen molar-refractivity contribution < 1.29 is 11.3 Å². The fourth-order valence-corrected chi connectivity index (χ4v) is 8.95. The first-order valence-electron chi connectivity index (χ1n) is 20.8. The molecule has 11 aromatic rings. The lowest BCUT2D eigenvalue weighted by molar-refractivity contribution is 0.669. The maximum absolute atomic E-state index is 8.89. The Hall–Kier alpha value is -7.21. The second-order valence-electron chi connectivity index (χ2n) is 13.6. The number of para-hydroxylation sites is 1. The smallest absolute Gasteiger partial charge is 0.164 e. The lowest BCUT2D eigenvalue weighted by Gasteiger charge is -2.13. The molecule has 0 aliphatic rings. The van der Waals surface area contributed by atoms with E-state index in [1.807, 2.05) is 72.8 Å². The van der Waals surface area contributed by atoms with Gasteiger partial charge in [-0.2, -0.15) is 0 Å². The average molecular weight is 739 g/mol. The molecule has 3 heterocycles. The van der Waals surface area contributed by atoms with Crippen molar-refractivity contribution in [2.45, 2.75) is 0 Å². The SMILES string of the molecule is [2H]c1c([2H])c([2H])c(-c2nc(-c3cc(-c4ccccc4)cc(-c4cccc5c4sc4c(-c6ccccc6)cccc45)c3)nc(-c3ccc4c(c3)oc3ccccc34)n2)c([2H])c1[2H]. The van der Waals surface area contributed by atoms with Gasteiger partial charge >= 0.3 is 0 Å². The van der Waals surface area contributed by atoms with E-state index in [4.69, 9.17) is 26.2 Å². The van der Waals surface area contributed by atoms with Crippen LogP contribution in [0.25, 0.3) is 110 Å². The number of aromatic nitrogens is 3. The molecule has 3 aromatic heterocycles. The lowest BCUT2D eigenvalue weighted by atomic mass is 9.94. The van der Waals surface area contributed by atoms with Crippen molar-refractivity contribution in [2.24, 2.45) is 0 Å². The van der Waals surface area contributed by atoms with E-state index in [1.165, 1.54) is 15.6 Å². The van der Waals surface area contributed by atoms with E-state index in [2.05, 4.69) is 84.9 Å². The Morgan fingerprint density at radius 3 is 1.66 bits per heavy atom. The molecule has 0 aliphatic carbocycles. The van der Waals surface area contributed by atoms with E-state index in [0.29, 0.717) is 16.7 Å². The summed E-state index contributed by atoms with van der Waals surface area (Å²) >= 11 is 1.77. The predicted octanol–water partition coefficient (Wildman–Crippen LogP) is 14.1. The number of thiophene rings is 1. The molecule has 4 nitrogen and oxygen atoms in total. The van der Waals surface area contributed by atoms with Crippen LogP contribution in [-0.2, 0) is 0 Å². The van der Waals surface area contributed by atoms with Crippen LogP contribution >= 0.6 is 11.3 Å². The first-order valence-corrected chi connectivity index (χ1v) is 19.1. The molecule has 5 heteroatoms. The van der Waals surface area contributed by atoms with Crippen LogP contribution in [0.1, 0.15) is 6.85 Å². The summed E-state index contributed by atoms with van der Waals surface area (Å²) in [5.41, 5.74) is 8.85. The minimum Gasteiger partial charge on any atom is -0.456 e. The van der Waals surface area contributed by atoms with Crippen LogP contribution in [0.15, 0.2) is 192 Å². The minimum absolute atomic E-state index is 0.0339. The highest BCUT2D eigenvalue weighted by Gasteiger charge is 2.19. The monoisotopic (exact) mass is 738 g/mol. The Kier molecular flexibility index (Phi) is 6.49. The number of hydrogen-bond donors (Lipinski definition) is 0. The van der Waals surface area contributed by atoms with Gasteiger partial charge in [-0.1, -0.05) is 152 Å². The Morgan fingerprint density at radius 1 is 0.375 bits per heavy atom. The van der Waals surface area contributed by atoms with Crippen LogP contribution in [0.3, 0.4) is 0 Å². The molecule has 56 heavy (non-hydrogen) atoms. The van der Waals surface area contributed by atoms with Gasteiger partial charge < -0.3 is 4.42 Å². The average Bonchev–Trinajstić information content (AvgIpc) is 3.89. The predicted molar refractivity (Wildman–Crippen MR) is 233 cm³/mol. The number of hydrogen-bond acceptors (Lipinski definition) is 5. The summed E-state index contributed by atoms with van der Waals surface area (Å²) in [6.45, 7) is 0. The van der Waals surface area contributed by atoms with Crippen LogP contribution in [0.5, 0.6) is 0 Å². The molecule has 0 radical (unpaired) electrons. The van der Waals surface area contributed by atoms with Crippen molar-refractivity contribution in [3.63, 3.8) is 0 Å². The van der Waals surface area contributed by atoms with Gasteiger partial charge in [-0.25, -0.2) is 15.0 Å². The Bertz CT molecular complexity index is 3520. The standard InChI is InChI=1S/C51H31N3OS/c1-4-14-32(15-5-1)36-28-37(40-22-13-24-44-43-23-12-21-39(47(43)56-48(40)44)33-16-6-2-7-17-33)30-38(29-36)51-53-49(34-18-8-3-9-19-34)52-50(54-51)35-26-27-42-41-20-10-11-25-45(41)55-46(42)31-35/h1-31H/i3D,8D,9D,18D,19D. The van der Waals surface area contributed by atoms with Crippen LogP contribution < -0.4 is 0 Å². The van der Waals surface area contributed by atoms with Crippen LogP contribution in [0, 0.1) is 0 Å².